The molecule has 0 aromatic carbocycles. The molecule has 0 aromatic rings. The molecule has 0 amide bonds. The van der Waals surface area contributed by atoms with E-state index in [-0.39, 0.29) is 0 Å². The maximum absolute atomic E-state index is 5.61. The van der Waals surface area contributed by atoms with E-state index in [2.05, 4.69) is 24.1 Å². The third-order valence-corrected chi connectivity index (χ3v) is 4.22. The van der Waals surface area contributed by atoms with Gasteiger partial charge in [-0.05, 0) is 58.7 Å². The van der Waals surface area contributed by atoms with Crippen molar-refractivity contribution in [3.05, 3.63) is 0 Å². The zero-order valence-electron chi connectivity index (χ0n) is 11.5. The topological polar surface area (TPSA) is 24.5 Å². The highest BCUT2D eigenvalue weighted by molar-refractivity contribution is 4.81. The van der Waals surface area contributed by atoms with Gasteiger partial charge in [-0.2, -0.15) is 0 Å². The van der Waals surface area contributed by atoms with Crippen LogP contribution in [-0.4, -0.2) is 49.3 Å². The van der Waals surface area contributed by atoms with Crippen molar-refractivity contribution < 1.29 is 4.74 Å². The minimum absolute atomic E-state index is 0.444. The van der Waals surface area contributed by atoms with Crippen molar-refractivity contribution in [1.29, 1.82) is 0 Å². The Labute approximate surface area is 106 Å². The number of likely N-dealkylation sites (tertiary alicyclic amines) is 1. The van der Waals surface area contributed by atoms with Crippen molar-refractivity contribution >= 4 is 0 Å². The molecule has 2 heterocycles. The van der Waals surface area contributed by atoms with E-state index >= 15 is 0 Å². The zero-order valence-corrected chi connectivity index (χ0v) is 11.5. The fourth-order valence-corrected chi connectivity index (χ4v) is 3.12. The monoisotopic (exact) mass is 240 g/mol. The normalized spacial score (nSPS) is 36.7. The lowest BCUT2D eigenvalue weighted by Gasteiger charge is -2.31. The number of rotatable bonds is 3. The average molecular weight is 240 g/mol. The second kappa shape index (κ2) is 6.72. The Morgan fingerprint density at radius 1 is 1.18 bits per heavy atom. The Kier molecular flexibility index (Phi) is 5.26. The lowest BCUT2D eigenvalue weighted by atomic mass is 10.0. The van der Waals surface area contributed by atoms with Gasteiger partial charge in [0.05, 0.1) is 6.10 Å². The standard InChI is InChI=1S/C14H28N2O/c1-3-16-8-4-5-13(6-9-16)15-14-7-10-17-12(2)11-14/h12-15H,3-11H2,1-2H3. The van der Waals surface area contributed by atoms with Crippen molar-refractivity contribution in [1.82, 2.24) is 10.2 Å². The first-order chi connectivity index (χ1) is 8.28. The fourth-order valence-electron chi connectivity index (χ4n) is 3.12. The van der Waals surface area contributed by atoms with Crippen LogP contribution in [-0.2, 0) is 4.74 Å². The third kappa shape index (κ3) is 4.23. The van der Waals surface area contributed by atoms with E-state index in [1.165, 1.54) is 51.7 Å². The summed E-state index contributed by atoms with van der Waals surface area (Å²) < 4.78 is 5.61. The highest BCUT2D eigenvalue weighted by Gasteiger charge is 2.23. The van der Waals surface area contributed by atoms with E-state index in [0.29, 0.717) is 12.1 Å². The van der Waals surface area contributed by atoms with Gasteiger partial charge in [-0.1, -0.05) is 6.92 Å². The molecule has 2 aliphatic rings. The summed E-state index contributed by atoms with van der Waals surface area (Å²) in [6, 6.07) is 1.43. The maximum atomic E-state index is 5.61. The van der Waals surface area contributed by atoms with Gasteiger partial charge in [-0.3, -0.25) is 0 Å². The summed E-state index contributed by atoms with van der Waals surface area (Å²) in [6.07, 6.45) is 6.84. The first-order valence-corrected chi connectivity index (χ1v) is 7.38. The minimum atomic E-state index is 0.444. The van der Waals surface area contributed by atoms with Crippen LogP contribution in [0.25, 0.3) is 0 Å². The summed E-state index contributed by atoms with van der Waals surface area (Å²) >= 11 is 0. The predicted molar refractivity (Wildman–Crippen MR) is 71.3 cm³/mol. The van der Waals surface area contributed by atoms with Crippen LogP contribution >= 0.6 is 0 Å². The second-order valence-electron chi connectivity index (χ2n) is 5.63. The predicted octanol–water partition coefficient (Wildman–Crippen LogP) is 2.02. The molecule has 17 heavy (non-hydrogen) atoms. The maximum Gasteiger partial charge on any atom is 0.0561 e. The minimum Gasteiger partial charge on any atom is -0.378 e. The van der Waals surface area contributed by atoms with Gasteiger partial charge in [0.1, 0.15) is 0 Å². The third-order valence-electron chi connectivity index (χ3n) is 4.22. The van der Waals surface area contributed by atoms with Crippen LogP contribution in [0.5, 0.6) is 0 Å². The van der Waals surface area contributed by atoms with Gasteiger partial charge in [0.25, 0.3) is 0 Å². The summed E-state index contributed by atoms with van der Waals surface area (Å²) in [7, 11) is 0. The molecule has 2 rings (SSSR count). The molecule has 0 spiro atoms. The van der Waals surface area contributed by atoms with E-state index < -0.39 is 0 Å². The molecular formula is C14H28N2O. The molecule has 2 saturated heterocycles. The van der Waals surface area contributed by atoms with Crippen molar-refractivity contribution in [3.63, 3.8) is 0 Å². The Bertz CT molecular complexity index is 222. The van der Waals surface area contributed by atoms with E-state index in [1.807, 2.05) is 0 Å². The van der Waals surface area contributed by atoms with Gasteiger partial charge >= 0.3 is 0 Å². The number of nitrogens with zero attached hydrogens (tertiary/aromatic N) is 1. The summed E-state index contributed by atoms with van der Waals surface area (Å²) in [5.41, 5.74) is 0. The van der Waals surface area contributed by atoms with Crippen LogP contribution in [0, 0.1) is 0 Å². The first kappa shape index (κ1) is 13.3. The van der Waals surface area contributed by atoms with Gasteiger partial charge in [-0.15, -0.1) is 0 Å². The first-order valence-electron chi connectivity index (χ1n) is 7.38. The molecule has 2 aliphatic heterocycles. The van der Waals surface area contributed by atoms with Crippen molar-refractivity contribution in [3.8, 4) is 0 Å². The van der Waals surface area contributed by atoms with Gasteiger partial charge in [-0.25, -0.2) is 0 Å². The van der Waals surface area contributed by atoms with Gasteiger partial charge in [0.2, 0.25) is 0 Å². The molecule has 0 bridgehead atoms. The largest absolute Gasteiger partial charge is 0.378 e. The molecule has 3 nitrogen and oxygen atoms in total. The number of hydrogen-bond donors (Lipinski definition) is 1. The molecule has 0 radical (unpaired) electrons. The van der Waals surface area contributed by atoms with Crippen LogP contribution in [0.15, 0.2) is 0 Å². The van der Waals surface area contributed by atoms with Crippen molar-refractivity contribution in [2.24, 2.45) is 0 Å². The van der Waals surface area contributed by atoms with Crippen molar-refractivity contribution in [2.45, 2.75) is 64.1 Å². The molecule has 0 aromatic heterocycles. The summed E-state index contributed by atoms with van der Waals surface area (Å²) in [6.45, 7) is 9.17. The van der Waals surface area contributed by atoms with Crippen molar-refractivity contribution in [2.75, 3.05) is 26.2 Å². The SMILES string of the molecule is CCN1CCCC(NC2CCOC(C)C2)CC1. The van der Waals surface area contributed by atoms with Crippen LogP contribution < -0.4 is 5.32 Å². The number of hydrogen-bond acceptors (Lipinski definition) is 3. The molecule has 3 heteroatoms. The summed E-state index contributed by atoms with van der Waals surface area (Å²) in [5, 5.41) is 3.87. The van der Waals surface area contributed by atoms with Crippen LogP contribution in [0.2, 0.25) is 0 Å². The van der Waals surface area contributed by atoms with Gasteiger partial charge in [0.15, 0.2) is 0 Å². The molecule has 100 valence electrons. The van der Waals surface area contributed by atoms with Crippen LogP contribution in [0.3, 0.4) is 0 Å². The molecule has 3 unspecified atom stereocenters. The Morgan fingerprint density at radius 3 is 2.82 bits per heavy atom. The van der Waals surface area contributed by atoms with Crippen LogP contribution in [0.1, 0.15) is 46.0 Å². The molecular weight excluding hydrogens is 212 g/mol. The van der Waals surface area contributed by atoms with Gasteiger partial charge in [0, 0.05) is 18.7 Å². The van der Waals surface area contributed by atoms with E-state index in [1.54, 1.807) is 0 Å². The van der Waals surface area contributed by atoms with E-state index in [4.69, 9.17) is 4.74 Å². The van der Waals surface area contributed by atoms with E-state index in [9.17, 15) is 0 Å². The number of ether oxygens (including phenoxy) is 1. The van der Waals surface area contributed by atoms with Gasteiger partial charge < -0.3 is 15.0 Å². The Hall–Kier alpha value is -0.120. The fraction of sp³-hybridized carbons (Fsp3) is 1.00. The molecule has 0 saturated carbocycles. The highest BCUT2D eigenvalue weighted by Crippen LogP contribution is 2.17. The quantitative estimate of drug-likeness (QED) is 0.817. The zero-order chi connectivity index (χ0) is 12.1. The Morgan fingerprint density at radius 2 is 2.06 bits per heavy atom. The smallest absolute Gasteiger partial charge is 0.0561 e. The Balaban J connectivity index is 1.74. The average Bonchev–Trinajstić information content (AvgIpc) is 2.54. The molecule has 3 atom stereocenters. The molecule has 0 aliphatic carbocycles. The second-order valence-corrected chi connectivity index (χ2v) is 5.63. The summed E-state index contributed by atoms with van der Waals surface area (Å²) in [5.74, 6) is 0. The van der Waals surface area contributed by atoms with Crippen LogP contribution in [0.4, 0.5) is 0 Å². The van der Waals surface area contributed by atoms with E-state index in [0.717, 1.165) is 12.6 Å². The molecule has 1 N–H and O–H groups in total. The summed E-state index contributed by atoms with van der Waals surface area (Å²) in [4.78, 5) is 2.58. The molecule has 2 fully saturated rings. The number of nitrogens with one attached hydrogen (secondary N) is 1. The lowest BCUT2D eigenvalue weighted by molar-refractivity contribution is 0.0109. The highest BCUT2D eigenvalue weighted by atomic mass is 16.5. The lowest BCUT2D eigenvalue weighted by Crippen LogP contribution is -2.43.